The van der Waals surface area contributed by atoms with Crippen molar-refractivity contribution in [2.75, 3.05) is 28.3 Å². The number of carbonyl (C=O) groups is 2. The molecule has 0 aliphatic rings. The normalized spacial score (nSPS) is 11.7. The number of hydrogen-bond donors (Lipinski definition) is 5. The largest absolute Gasteiger partial charge is 0.506 e. The van der Waals surface area contributed by atoms with E-state index in [2.05, 4.69) is 41.2 Å². The number of benzene rings is 2. The molecule has 0 atom stereocenters. The van der Waals surface area contributed by atoms with Gasteiger partial charge in [0.05, 0.1) is 81.1 Å². The maximum absolute atomic E-state index is 12.4. The van der Waals surface area contributed by atoms with Crippen molar-refractivity contribution in [1.29, 1.82) is 0 Å². The van der Waals surface area contributed by atoms with E-state index in [-0.39, 0.29) is 17.2 Å². The van der Waals surface area contributed by atoms with Crippen molar-refractivity contribution >= 4 is 56.6 Å². The molecule has 4 amide bonds. The highest BCUT2D eigenvalue weighted by molar-refractivity contribution is 6.02. The van der Waals surface area contributed by atoms with Gasteiger partial charge in [-0.3, -0.25) is 19.9 Å². The van der Waals surface area contributed by atoms with Crippen LogP contribution < -0.4 is 26.0 Å². The fraction of sp³-hybridized carbons (Fsp3) is 0.0732. The van der Waals surface area contributed by atoms with Gasteiger partial charge in [-0.05, 0) is 60.7 Å². The van der Waals surface area contributed by atoms with E-state index in [4.69, 9.17) is 8.85 Å². The number of para-hydroxylation sites is 4. The SMILES string of the molecule is Cn1cc(-c2ccc(NC(=O)Nc3ccccc3O)cn2)c2ccncc21.[3H]C([3H])([3H])Oc1ccccc1NC(=O)Nc1ccc(-c2cn(C)c3cnccc23)nc1. The molecule has 6 aromatic heterocycles. The Morgan fingerprint density at radius 3 is 1.65 bits per heavy atom. The summed E-state index contributed by atoms with van der Waals surface area (Å²) in [7, 11) is 1.29. The average molecular weight is 739 g/mol. The quantitative estimate of drug-likeness (QED) is 0.102. The lowest BCUT2D eigenvalue weighted by atomic mass is 10.1. The molecular weight excluding hydrogens is 697 g/mol. The van der Waals surface area contributed by atoms with Crippen molar-refractivity contribution < 1.29 is 23.5 Å². The fourth-order valence-corrected chi connectivity index (χ4v) is 5.93. The van der Waals surface area contributed by atoms with E-state index in [1.54, 1.807) is 79.5 Å². The van der Waals surface area contributed by atoms with Gasteiger partial charge in [-0.15, -0.1) is 0 Å². The zero-order valence-corrected chi connectivity index (χ0v) is 29.6. The summed E-state index contributed by atoms with van der Waals surface area (Å²) >= 11 is 0. The van der Waals surface area contributed by atoms with Gasteiger partial charge in [0.2, 0.25) is 0 Å². The molecule has 8 aromatic rings. The lowest BCUT2D eigenvalue weighted by molar-refractivity contribution is 0.261. The number of nitrogens with one attached hydrogen (secondary N) is 4. The van der Waals surface area contributed by atoms with Gasteiger partial charge in [0, 0.05) is 60.8 Å². The minimum Gasteiger partial charge on any atom is -0.506 e. The Kier molecular flexibility index (Phi) is 9.22. The van der Waals surface area contributed by atoms with Crippen molar-refractivity contribution in [1.82, 2.24) is 29.1 Å². The predicted octanol–water partition coefficient (Wildman–Crippen LogP) is 8.27. The molecule has 2 aromatic carbocycles. The van der Waals surface area contributed by atoms with E-state index >= 15 is 0 Å². The van der Waals surface area contributed by atoms with E-state index < -0.39 is 19.1 Å². The van der Waals surface area contributed by atoms with Crippen molar-refractivity contribution in [3.05, 3.63) is 135 Å². The minimum absolute atomic E-state index is 0.00608. The number of anilines is 4. The summed E-state index contributed by atoms with van der Waals surface area (Å²) in [5.41, 5.74) is 7.17. The first-order valence-electron chi connectivity index (χ1n) is 18.3. The van der Waals surface area contributed by atoms with Crippen LogP contribution in [0.5, 0.6) is 11.5 Å². The molecule has 274 valence electrons. The molecule has 0 radical (unpaired) electrons. The maximum Gasteiger partial charge on any atom is 0.323 e. The summed E-state index contributed by atoms with van der Waals surface area (Å²) < 4.78 is 30.6. The van der Waals surface area contributed by atoms with Gasteiger partial charge < -0.3 is 40.2 Å². The van der Waals surface area contributed by atoms with E-state index in [0.29, 0.717) is 17.1 Å². The zero-order chi connectivity index (χ0) is 40.8. The second-order valence-electron chi connectivity index (χ2n) is 12.2. The van der Waals surface area contributed by atoms with E-state index in [9.17, 15) is 14.7 Å². The standard InChI is InChI=1S/C21H19N5O2.C20H17N5O2/c1-26-13-16(15-9-10-22-12-19(15)26)17-8-7-14(11-23-17)24-21(27)25-18-5-3-4-6-20(18)28-2;1-25-12-15(14-8-9-21-11-18(14)25)16-7-6-13(10-22-16)23-20(27)24-17-4-2-3-5-19(17)26/h3-13H,1-2H3,(H2,24,25,27);2-12,26H,1H3,(H2,23,24,27)/i2T3;. The molecule has 0 unspecified atom stereocenters. The summed E-state index contributed by atoms with van der Waals surface area (Å²) in [4.78, 5) is 41.7. The Morgan fingerprint density at radius 1 is 0.636 bits per heavy atom. The van der Waals surface area contributed by atoms with Crippen LogP contribution in [0, 0.1) is 0 Å². The smallest absolute Gasteiger partial charge is 0.323 e. The van der Waals surface area contributed by atoms with Crippen molar-refractivity contribution in [2.45, 2.75) is 0 Å². The Morgan fingerprint density at radius 2 is 1.15 bits per heavy atom. The van der Waals surface area contributed by atoms with Crippen LogP contribution in [0.1, 0.15) is 4.11 Å². The highest BCUT2D eigenvalue weighted by Crippen LogP contribution is 2.30. The van der Waals surface area contributed by atoms with Crippen LogP contribution >= 0.6 is 0 Å². The Hall–Kier alpha value is -7.74. The van der Waals surface area contributed by atoms with E-state index in [0.717, 1.165) is 44.3 Å². The number of phenols is 1. The third kappa shape index (κ3) is 8.03. The molecule has 0 aliphatic heterocycles. The highest BCUT2D eigenvalue weighted by atomic mass is 16.5. The first kappa shape index (κ1) is 32.0. The molecule has 0 spiro atoms. The first-order chi connectivity index (χ1) is 27.9. The van der Waals surface area contributed by atoms with Crippen molar-refractivity contribution in [3.8, 4) is 34.0 Å². The topological polar surface area (TPSA) is 173 Å². The molecule has 0 fully saturated rings. The summed E-state index contributed by atoms with van der Waals surface area (Å²) in [5, 5.41) is 22.4. The number of phenolic OH excluding ortho intramolecular Hbond substituents is 1. The number of aryl methyl sites for hydroxylation is 2. The third-order valence-corrected chi connectivity index (χ3v) is 8.58. The van der Waals surface area contributed by atoms with E-state index in [1.165, 1.54) is 12.1 Å². The van der Waals surface area contributed by atoms with Crippen molar-refractivity contribution in [3.63, 3.8) is 0 Å². The molecule has 14 heteroatoms. The molecule has 0 bridgehead atoms. The second-order valence-corrected chi connectivity index (χ2v) is 12.2. The Bertz CT molecular complexity index is 2730. The van der Waals surface area contributed by atoms with Gasteiger partial charge in [-0.1, -0.05) is 24.3 Å². The Labute approximate surface area is 319 Å². The number of ether oxygens (including phenoxy) is 1. The number of aromatic hydroxyl groups is 1. The molecule has 14 nitrogen and oxygen atoms in total. The van der Waals surface area contributed by atoms with Crippen LogP contribution in [0.4, 0.5) is 32.3 Å². The minimum atomic E-state index is -2.62. The number of methoxy groups -OCH3 is 1. The number of hydrogen-bond acceptors (Lipinski definition) is 8. The van der Waals surface area contributed by atoms with Crippen molar-refractivity contribution in [2.24, 2.45) is 14.1 Å². The van der Waals surface area contributed by atoms with Crippen LogP contribution in [0.15, 0.2) is 135 Å². The van der Waals surface area contributed by atoms with Crippen LogP contribution in [0.3, 0.4) is 0 Å². The summed E-state index contributed by atoms with van der Waals surface area (Å²) in [6.07, 6.45) is 14.2. The number of urea groups is 2. The van der Waals surface area contributed by atoms with Gasteiger partial charge in [0.25, 0.3) is 0 Å². The summed E-state index contributed by atoms with van der Waals surface area (Å²) in [6, 6.07) is 22.9. The molecule has 8 rings (SSSR count). The molecule has 5 N–H and O–H groups in total. The number of amides is 4. The fourth-order valence-electron chi connectivity index (χ4n) is 5.93. The molecule has 0 aliphatic carbocycles. The van der Waals surface area contributed by atoms with Gasteiger partial charge in [0.1, 0.15) is 11.5 Å². The van der Waals surface area contributed by atoms with E-state index in [1.807, 2.05) is 66.1 Å². The number of nitrogens with zero attached hydrogens (tertiary/aromatic N) is 6. The molecule has 0 saturated heterocycles. The zero-order valence-electron chi connectivity index (χ0n) is 32.6. The van der Waals surface area contributed by atoms with Crippen LogP contribution in [0.25, 0.3) is 44.3 Å². The number of aromatic nitrogens is 6. The number of rotatable bonds is 7. The molecule has 55 heavy (non-hydrogen) atoms. The second kappa shape index (κ2) is 15.9. The lowest BCUT2D eigenvalue weighted by Crippen LogP contribution is -2.19. The Balaban J connectivity index is 0.000000178. The molecule has 6 heterocycles. The maximum atomic E-state index is 12.4. The van der Waals surface area contributed by atoms with Gasteiger partial charge in [0.15, 0.2) is 0 Å². The first-order valence-corrected chi connectivity index (χ1v) is 16.8. The molecule has 0 saturated carbocycles. The van der Waals surface area contributed by atoms with Crippen LogP contribution in [-0.4, -0.2) is 53.3 Å². The lowest BCUT2D eigenvalue weighted by Gasteiger charge is -2.11. The number of carbonyl (C=O) groups excluding carboxylic acids is 2. The van der Waals surface area contributed by atoms with Crippen LogP contribution in [-0.2, 0) is 14.1 Å². The third-order valence-electron chi connectivity index (χ3n) is 8.58. The average Bonchev–Trinajstić information content (AvgIpc) is 3.73. The number of pyridine rings is 4. The van der Waals surface area contributed by atoms with Crippen LogP contribution in [0.2, 0.25) is 0 Å². The monoisotopic (exact) mass is 738 g/mol. The molecular formula is C41H36N10O4. The number of fused-ring (bicyclic) bond motifs is 2. The highest BCUT2D eigenvalue weighted by Gasteiger charge is 2.13. The predicted molar refractivity (Wildman–Crippen MR) is 214 cm³/mol. The summed E-state index contributed by atoms with van der Waals surface area (Å²) in [5.74, 6) is 0.0585. The van der Waals surface area contributed by atoms with Gasteiger partial charge in [-0.2, -0.15) is 0 Å². The van der Waals surface area contributed by atoms with Gasteiger partial charge >= 0.3 is 12.1 Å². The summed E-state index contributed by atoms with van der Waals surface area (Å²) in [6.45, 7) is 0. The van der Waals surface area contributed by atoms with Gasteiger partial charge in [-0.25, -0.2) is 9.59 Å².